The van der Waals surface area contributed by atoms with Gasteiger partial charge in [-0.05, 0) is 55.5 Å². The van der Waals surface area contributed by atoms with Crippen LogP contribution >= 0.6 is 0 Å². The number of carbonyl (C=O) groups is 2. The van der Waals surface area contributed by atoms with Gasteiger partial charge in [-0.1, -0.05) is 0 Å². The molecule has 0 spiro atoms. The van der Waals surface area contributed by atoms with Gasteiger partial charge in [-0.3, -0.25) is 0 Å². The Bertz CT molecular complexity index is 671. The summed E-state index contributed by atoms with van der Waals surface area (Å²) in [4.78, 5) is 22.9. The van der Waals surface area contributed by atoms with Crippen molar-refractivity contribution in [3.05, 3.63) is 54.3 Å². The predicted octanol–water partition coefficient (Wildman–Crippen LogP) is 4.01. The van der Waals surface area contributed by atoms with Crippen LogP contribution in [0.15, 0.2) is 48.5 Å². The van der Waals surface area contributed by atoms with E-state index in [-0.39, 0.29) is 12.4 Å². The highest BCUT2D eigenvalue weighted by atomic mass is 19.1. The minimum absolute atomic E-state index is 0.224. The van der Waals surface area contributed by atoms with Crippen molar-refractivity contribution in [2.24, 2.45) is 0 Å². The Morgan fingerprint density at radius 2 is 1.48 bits per heavy atom. The van der Waals surface area contributed by atoms with Gasteiger partial charge in [0.1, 0.15) is 11.6 Å². The van der Waals surface area contributed by atoms with E-state index in [4.69, 9.17) is 4.74 Å². The molecule has 0 aromatic heterocycles. The monoisotopic (exact) mass is 318 g/mol. The first-order chi connectivity index (χ1) is 11.1. The van der Waals surface area contributed by atoms with E-state index in [1.807, 2.05) is 0 Å². The summed E-state index contributed by atoms with van der Waals surface area (Å²) in [5, 5.41) is 5.15. The van der Waals surface area contributed by atoms with Gasteiger partial charge in [0.25, 0.3) is 0 Å². The summed E-state index contributed by atoms with van der Waals surface area (Å²) in [5.41, 5.74) is 0.965. The molecule has 0 heterocycles. The standard InChI is InChI=1S/C16H15FN2O4/c1-2-22-16(21)23-14-9-7-13(8-10-14)19-15(20)18-12-5-3-11(17)4-6-12/h3-10H,2H2,1H3,(H2,18,19,20). The molecule has 0 unspecified atom stereocenters. The van der Waals surface area contributed by atoms with Crippen molar-refractivity contribution in [1.29, 1.82) is 0 Å². The topological polar surface area (TPSA) is 76.7 Å². The third-order valence-corrected chi connectivity index (χ3v) is 2.68. The maximum Gasteiger partial charge on any atom is 0.513 e. The van der Waals surface area contributed by atoms with E-state index in [0.717, 1.165) is 0 Å². The fourth-order valence-electron chi connectivity index (χ4n) is 1.68. The number of hydrogen-bond acceptors (Lipinski definition) is 4. The zero-order chi connectivity index (χ0) is 16.7. The summed E-state index contributed by atoms with van der Waals surface area (Å²) in [5.74, 6) is -0.0823. The van der Waals surface area contributed by atoms with Crippen LogP contribution in [0, 0.1) is 5.82 Å². The minimum Gasteiger partial charge on any atom is -0.434 e. The summed E-state index contributed by atoms with van der Waals surface area (Å²) in [7, 11) is 0. The fourth-order valence-corrected chi connectivity index (χ4v) is 1.68. The Kier molecular flexibility index (Phi) is 5.51. The van der Waals surface area contributed by atoms with Crippen LogP contribution in [0.4, 0.5) is 25.4 Å². The van der Waals surface area contributed by atoms with Crippen LogP contribution in [-0.4, -0.2) is 18.8 Å². The van der Waals surface area contributed by atoms with Crippen molar-refractivity contribution < 1.29 is 23.5 Å². The largest absolute Gasteiger partial charge is 0.513 e. The van der Waals surface area contributed by atoms with Crippen molar-refractivity contribution in [1.82, 2.24) is 0 Å². The number of ether oxygens (including phenoxy) is 2. The van der Waals surface area contributed by atoms with Crippen LogP contribution in [-0.2, 0) is 4.74 Å². The van der Waals surface area contributed by atoms with E-state index in [9.17, 15) is 14.0 Å². The molecular formula is C16H15FN2O4. The Labute approximate surface area is 132 Å². The number of rotatable bonds is 4. The highest BCUT2D eigenvalue weighted by molar-refractivity contribution is 5.99. The lowest BCUT2D eigenvalue weighted by atomic mass is 10.3. The van der Waals surface area contributed by atoms with E-state index < -0.39 is 12.2 Å². The molecule has 0 fully saturated rings. The maximum atomic E-state index is 12.8. The normalized spacial score (nSPS) is 9.83. The summed E-state index contributed by atoms with van der Waals surface area (Å²) in [6.45, 7) is 1.90. The first-order valence-corrected chi connectivity index (χ1v) is 6.85. The second kappa shape index (κ2) is 7.79. The van der Waals surface area contributed by atoms with Crippen LogP contribution < -0.4 is 15.4 Å². The van der Waals surface area contributed by atoms with E-state index >= 15 is 0 Å². The third kappa shape index (κ3) is 5.31. The first-order valence-electron chi connectivity index (χ1n) is 6.85. The molecule has 0 aliphatic heterocycles. The molecule has 2 amide bonds. The lowest BCUT2D eigenvalue weighted by Gasteiger charge is -2.08. The number of carbonyl (C=O) groups excluding carboxylic acids is 2. The van der Waals surface area contributed by atoms with Gasteiger partial charge < -0.3 is 20.1 Å². The van der Waals surface area contributed by atoms with Crippen LogP contribution in [0.5, 0.6) is 5.75 Å². The quantitative estimate of drug-likeness (QED) is 0.660. The van der Waals surface area contributed by atoms with Gasteiger partial charge in [0, 0.05) is 11.4 Å². The second-order valence-corrected chi connectivity index (χ2v) is 4.40. The molecule has 0 bridgehead atoms. The molecule has 2 rings (SSSR count). The van der Waals surface area contributed by atoms with E-state index in [2.05, 4.69) is 15.4 Å². The van der Waals surface area contributed by atoms with Gasteiger partial charge in [0.05, 0.1) is 6.61 Å². The first kappa shape index (κ1) is 16.3. The number of nitrogens with one attached hydrogen (secondary N) is 2. The van der Waals surface area contributed by atoms with Gasteiger partial charge in [-0.15, -0.1) is 0 Å². The molecule has 120 valence electrons. The number of amides is 2. The Morgan fingerprint density at radius 3 is 2.00 bits per heavy atom. The van der Waals surface area contributed by atoms with Crippen molar-refractivity contribution in [2.75, 3.05) is 17.2 Å². The molecular weight excluding hydrogens is 303 g/mol. The summed E-state index contributed by atoms with van der Waals surface area (Å²) in [6, 6.07) is 11.1. The Hall–Kier alpha value is -3.09. The van der Waals surface area contributed by atoms with Crippen molar-refractivity contribution >= 4 is 23.6 Å². The average Bonchev–Trinajstić information content (AvgIpc) is 2.52. The Balaban J connectivity index is 1.88. The second-order valence-electron chi connectivity index (χ2n) is 4.40. The lowest BCUT2D eigenvalue weighted by Crippen LogP contribution is -2.19. The molecule has 0 saturated heterocycles. The van der Waals surface area contributed by atoms with Gasteiger partial charge in [-0.25, -0.2) is 14.0 Å². The molecule has 0 aliphatic rings. The molecule has 0 atom stereocenters. The molecule has 0 saturated carbocycles. The average molecular weight is 318 g/mol. The molecule has 2 aromatic rings. The predicted molar refractivity (Wildman–Crippen MR) is 83.1 cm³/mol. The smallest absolute Gasteiger partial charge is 0.434 e. The summed E-state index contributed by atoms with van der Waals surface area (Å²) < 4.78 is 22.3. The van der Waals surface area contributed by atoms with Crippen molar-refractivity contribution in [3.8, 4) is 5.75 Å². The van der Waals surface area contributed by atoms with Crippen LogP contribution in [0.3, 0.4) is 0 Å². The molecule has 2 N–H and O–H groups in total. The molecule has 2 aromatic carbocycles. The highest BCUT2D eigenvalue weighted by Crippen LogP contribution is 2.17. The lowest BCUT2D eigenvalue weighted by molar-refractivity contribution is 0.104. The van der Waals surface area contributed by atoms with E-state index in [1.165, 1.54) is 36.4 Å². The molecule has 7 heteroatoms. The SMILES string of the molecule is CCOC(=O)Oc1ccc(NC(=O)Nc2ccc(F)cc2)cc1. The van der Waals surface area contributed by atoms with Gasteiger partial charge in [0.15, 0.2) is 0 Å². The Morgan fingerprint density at radius 1 is 0.957 bits per heavy atom. The molecule has 6 nitrogen and oxygen atoms in total. The molecule has 0 radical (unpaired) electrons. The number of anilines is 2. The number of hydrogen-bond donors (Lipinski definition) is 2. The minimum atomic E-state index is -0.790. The van der Waals surface area contributed by atoms with Crippen molar-refractivity contribution in [2.45, 2.75) is 6.92 Å². The number of halogens is 1. The zero-order valence-electron chi connectivity index (χ0n) is 12.3. The van der Waals surface area contributed by atoms with Gasteiger partial charge >= 0.3 is 12.2 Å². The highest BCUT2D eigenvalue weighted by Gasteiger charge is 2.06. The third-order valence-electron chi connectivity index (χ3n) is 2.68. The van der Waals surface area contributed by atoms with E-state index in [0.29, 0.717) is 17.1 Å². The van der Waals surface area contributed by atoms with Crippen LogP contribution in [0.25, 0.3) is 0 Å². The fraction of sp³-hybridized carbons (Fsp3) is 0.125. The molecule has 23 heavy (non-hydrogen) atoms. The zero-order valence-corrected chi connectivity index (χ0v) is 12.3. The van der Waals surface area contributed by atoms with Crippen LogP contribution in [0.2, 0.25) is 0 Å². The number of urea groups is 1. The van der Waals surface area contributed by atoms with Crippen LogP contribution in [0.1, 0.15) is 6.92 Å². The van der Waals surface area contributed by atoms with Gasteiger partial charge in [0.2, 0.25) is 0 Å². The number of benzene rings is 2. The summed E-state index contributed by atoms with van der Waals surface area (Å²) >= 11 is 0. The molecule has 0 aliphatic carbocycles. The maximum absolute atomic E-state index is 12.8. The van der Waals surface area contributed by atoms with Gasteiger partial charge in [-0.2, -0.15) is 0 Å². The van der Waals surface area contributed by atoms with Crippen molar-refractivity contribution in [3.63, 3.8) is 0 Å². The van der Waals surface area contributed by atoms with E-state index in [1.54, 1.807) is 19.1 Å². The summed E-state index contributed by atoms with van der Waals surface area (Å²) in [6.07, 6.45) is -0.790.